The first-order valence-electron chi connectivity index (χ1n) is 11.6. The second kappa shape index (κ2) is 11.9. The van der Waals surface area contributed by atoms with Gasteiger partial charge in [0.05, 0.1) is 18.7 Å². The Morgan fingerprint density at radius 2 is 1.89 bits per heavy atom. The minimum atomic E-state index is -1.08. The number of carbonyl (C=O) groups excluding carboxylic acids is 1. The van der Waals surface area contributed by atoms with Crippen molar-refractivity contribution < 1.29 is 15.2 Å². The summed E-state index contributed by atoms with van der Waals surface area (Å²) in [5.41, 5.74) is 3.51. The first-order chi connectivity index (χ1) is 17.4. The summed E-state index contributed by atoms with van der Waals surface area (Å²) in [5, 5.41) is 32.4. The summed E-state index contributed by atoms with van der Waals surface area (Å²) in [6, 6.07) is 17.3. The fourth-order valence-electron chi connectivity index (χ4n) is 3.91. The van der Waals surface area contributed by atoms with Crippen molar-refractivity contribution >= 4 is 17.2 Å². The molecular weight excluding hydrogens is 480 g/mol. The molecule has 1 amide bonds. The van der Waals surface area contributed by atoms with Crippen LogP contribution in [0.1, 0.15) is 18.1 Å². The molecule has 2 atom stereocenters. The van der Waals surface area contributed by atoms with Crippen molar-refractivity contribution in [1.82, 2.24) is 30.1 Å². The number of amides is 1. The number of hydrogen-bond donors (Lipinski definition) is 3. The first-order valence-corrected chi connectivity index (χ1v) is 12.5. The van der Waals surface area contributed by atoms with E-state index in [4.69, 9.17) is 0 Å². The van der Waals surface area contributed by atoms with Gasteiger partial charge in [0.2, 0.25) is 5.91 Å². The summed E-state index contributed by atoms with van der Waals surface area (Å²) in [5.74, 6) is -1.18. The molecule has 1 unspecified atom stereocenters. The van der Waals surface area contributed by atoms with E-state index in [1.165, 1.54) is 4.57 Å². The number of aromatic nitrogens is 4. The molecule has 0 bridgehead atoms. The molecule has 0 aliphatic rings. The lowest BCUT2D eigenvalue weighted by molar-refractivity contribution is -0.335. The van der Waals surface area contributed by atoms with E-state index >= 15 is 0 Å². The molecule has 11 heteroatoms. The summed E-state index contributed by atoms with van der Waals surface area (Å²) in [6.07, 6.45) is 3.31. The summed E-state index contributed by atoms with van der Waals surface area (Å²) in [6.45, 7) is 2.28. The van der Waals surface area contributed by atoms with Crippen molar-refractivity contribution in [2.24, 2.45) is 5.92 Å². The number of nitrogens with one attached hydrogen (secondary N) is 1. The minimum Gasteiger partial charge on any atom is -0.336 e. The molecule has 0 spiro atoms. The Bertz CT molecular complexity index is 1330. The van der Waals surface area contributed by atoms with Crippen molar-refractivity contribution in [2.75, 3.05) is 0 Å². The topological polar surface area (TPSA) is 126 Å². The van der Waals surface area contributed by atoms with Crippen LogP contribution in [0.2, 0.25) is 0 Å². The summed E-state index contributed by atoms with van der Waals surface area (Å²) in [7, 11) is 0. The number of hydroxylamine groups is 2. The molecule has 0 saturated heterocycles. The molecule has 2 heterocycles. The predicted octanol–water partition coefficient (Wildman–Crippen LogP) is 2.81. The number of rotatable bonds is 11. The molecular formula is C25H28N6O4S. The van der Waals surface area contributed by atoms with Crippen LogP contribution in [-0.2, 0) is 30.7 Å². The van der Waals surface area contributed by atoms with Gasteiger partial charge >= 0.3 is 4.87 Å². The number of benzene rings is 2. The summed E-state index contributed by atoms with van der Waals surface area (Å²) >= 11 is 1.04. The van der Waals surface area contributed by atoms with Crippen LogP contribution in [0.15, 0.2) is 77.2 Å². The van der Waals surface area contributed by atoms with Gasteiger partial charge in [0.25, 0.3) is 0 Å². The molecule has 4 aromatic rings. The molecule has 2 aromatic heterocycles. The van der Waals surface area contributed by atoms with E-state index in [-0.39, 0.29) is 29.6 Å². The average Bonchev–Trinajstić information content (AvgIpc) is 3.52. The van der Waals surface area contributed by atoms with Gasteiger partial charge in [-0.25, -0.2) is 0 Å². The SMILES string of the molecule is CCc1cccc(C[C@H](NC(=O)C(Cn2cc(-c3ccccc3)nn2)Cn2ccsc2=O)N(O)O)c1. The van der Waals surface area contributed by atoms with Crippen LogP contribution in [0.5, 0.6) is 0 Å². The fraction of sp³-hybridized carbons (Fsp3) is 0.280. The largest absolute Gasteiger partial charge is 0.336 e. The van der Waals surface area contributed by atoms with Gasteiger partial charge in [0, 0.05) is 30.1 Å². The number of aryl methyl sites for hydroxylation is 1. The standard InChI is InChI=1S/C25H28N6O4S/c1-2-18-7-6-8-19(13-18)14-23(31(34)35)26-24(32)21(15-29-11-12-36-25(29)33)16-30-17-22(27-28-30)20-9-4-3-5-10-20/h3-13,17,21,23,34-35H,2,14-16H2,1H3,(H,26,32)/t21?,23-/m1/s1. The average molecular weight is 509 g/mol. The number of carbonyl (C=O) groups is 1. The highest BCUT2D eigenvalue weighted by molar-refractivity contribution is 7.07. The van der Waals surface area contributed by atoms with Crippen molar-refractivity contribution in [3.8, 4) is 11.3 Å². The van der Waals surface area contributed by atoms with Crippen molar-refractivity contribution in [3.05, 3.63) is 93.2 Å². The summed E-state index contributed by atoms with van der Waals surface area (Å²) in [4.78, 5) is 25.3. The molecule has 188 valence electrons. The zero-order valence-corrected chi connectivity index (χ0v) is 20.6. The molecule has 36 heavy (non-hydrogen) atoms. The van der Waals surface area contributed by atoms with Crippen LogP contribution in [0.4, 0.5) is 0 Å². The third kappa shape index (κ3) is 6.52. The van der Waals surface area contributed by atoms with Gasteiger partial charge in [-0.05, 0) is 22.8 Å². The lowest BCUT2D eigenvalue weighted by atomic mass is 10.0. The molecule has 2 aromatic carbocycles. The zero-order valence-electron chi connectivity index (χ0n) is 19.8. The van der Waals surface area contributed by atoms with E-state index in [0.29, 0.717) is 5.69 Å². The number of hydrogen-bond acceptors (Lipinski definition) is 8. The second-order valence-corrected chi connectivity index (χ2v) is 9.29. The van der Waals surface area contributed by atoms with E-state index < -0.39 is 18.0 Å². The Balaban J connectivity index is 1.53. The first kappa shape index (κ1) is 25.5. The Labute approximate surface area is 212 Å². The van der Waals surface area contributed by atoms with Crippen molar-refractivity contribution in [2.45, 2.75) is 39.0 Å². The lowest BCUT2D eigenvalue weighted by Crippen LogP contribution is -2.50. The molecule has 0 aliphatic heterocycles. The normalized spacial score (nSPS) is 13.0. The van der Waals surface area contributed by atoms with Gasteiger partial charge in [0.15, 0.2) is 0 Å². The zero-order chi connectivity index (χ0) is 25.5. The van der Waals surface area contributed by atoms with E-state index in [1.54, 1.807) is 22.5 Å². The molecule has 10 nitrogen and oxygen atoms in total. The van der Waals surface area contributed by atoms with E-state index in [2.05, 4.69) is 15.6 Å². The maximum Gasteiger partial charge on any atom is 0.307 e. The monoisotopic (exact) mass is 508 g/mol. The van der Waals surface area contributed by atoms with E-state index in [0.717, 1.165) is 34.4 Å². The maximum absolute atomic E-state index is 13.4. The molecule has 0 saturated carbocycles. The van der Waals surface area contributed by atoms with Crippen LogP contribution >= 0.6 is 11.3 Å². The van der Waals surface area contributed by atoms with Crippen LogP contribution in [-0.4, -0.2) is 47.3 Å². The third-order valence-corrected chi connectivity index (χ3v) is 6.56. The summed E-state index contributed by atoms with van der Waals surface area (Å²) < 4.78 is 3.01. The molecule has 0 fully saturated rings. The Kier molecular flexibility index (Phi) is 8.39. The highest BCUT2D eigenvalue weighted by Gasteiger charge is 2.26. The van der Waals surface area contributed by atoms with Gasteiger partial charge in [0.1, 0.15) is 11.9 Å². The third-order valence-electron chi connectivity index (χ3n) is 5.86. The van der Waals surface area contributed by atoms with Gasteiger partial charge in [-0.2, -0.15) is 0 Å². The number of thiazole rings is 1. The van der Waals surface area contributed by atoms with E-state index in [9.17, 15) is 20.0 Å². The van der Waals surface area contributed by atoms with Crippen molar-refractivity contribution in [1.29, 1.82) is 0 Å². The number of nitrogens with zero attached hydrogens (tertiary/aromatic N) is 5. The molecule has 0 aliphatic carbocycles. The highest BCUT2D eigenvalue weighted by Crippen LogP contribution is 2.16. The van der Waals surface area contributed by atoms with Gasteiger partial charge in [-0.15, -0.1) is 5.10 Å². The lowest BCUT2D eigenvalue weighted by Gasteiger charge is -2.25. The van der Waals surface area contributed by atoms with Crippen LogP contribution in [0.25, 0.3) is 11.3 Å². The van der Waals surface area contributed by atoms with Crippen LogP contribution in [0, 0.1) is 5.92 Å². The fourth-order valence-corrected chi connectivity index (χ4v) is 4.51. The quantitative estimate of drug-likeness (QED) is 0.210. The molecule has 3 N–H and O–H groups in total. The van der Waals surface area contributed by atoms with Gasteiger partial charge in [-0.3, -0.25) is 24.7 Å². The van der Waals surface area contributed by atoms with Gasteiger partial charge in [-0.1, -0.05) is 78.1 Å². The van der Waals surface area contributed by atoms with Crippen molar-refractivity contribution in [3.63, 3.8) is 0 Å². The Hall–Kier alpha value is -3.64. The molecule has 0 radical (unpaired) electrons. The Morgan fingerprint density at radius 1 is 1.11 bits per heavy atom. The highest BCUT2D eigenvalue weighted by atomic mass is 32.1. The van der Waals surface area contributed by atoms with Gasteiger partial charge < -0.3 is 9.88 Å². The smallest absolute Gasteiger partial charge is 0.307 e. The van der Waals surface area contributed by atoms with Crippen LogP contribution < -0.4 is 10.2 Å². The molecule has 4 rings (SSSR count). The van der Waals surface area contributed by atoms with E-state index in [1.807, 2.05) is 61.5 Å². The predicted molar refractivity (Wildman–Crippen MR) is 134 cm³/mol. The maximum atomic E-state index is 13.4. The Morgan fingerprint density at radius 3 is 2.58 bits per heavy atom. The van der Waals surface area contributed by atoms with Crippen LogP contribution in [0.3, 0.4) is 0 Å². The second-order valence-electron chi connectivity index (χ2n) is 8.43. The minimum absolute atomic E-state index is 0.00726.